The fraction of sp³-hybridized carbons (Fsp3) is 0.286. The van der Waals surface area contributed by atoms with E-state index in [2.05, 4.69) is 10.6 Å². The van der Waals surface area contributed by atoms with E-state index in [0.717, 1.165) is 17.5 Å². The summed E-state index contributed by atoms with van der Waals surface area (Å²) in [7, 11) is 0. The molecule has 0 aliphatic heterocycles. The van der Waals surface area contributed by atoms with Crippen LogP contribution in [0, 0.1) is 0 Å². The Morgan fingerprint density at radius 2 is 1.50 bits per heavy atom. The Labute approximate surface area is 187 Å². The first-order chi connectivity index (χ1) is 13.0. The van der Waals surface area contributed by atoms with Crippen LogP contribution in [0.5, 0.6) is 0 Å². The number of nitrogens with one attached hydrogen (secondary N) is 2. The zero-order valence-corrected chi connectivity index (χ0v) is 18.2. The van der Waals surface area contributed by atoms with Crippen molar-refractivity contribution in [3.63, 3.8) is 0 Å². The van der Waals surface area contributed by atoms with Gasteiger partial charge in [-0.2, -0.15) is 0 Å². The van der Waals surface area contributed by atoms with Crippen LogP contribution in [0.3, 0.4) is 0 Å². The van der Waals surface area contributed by atoms with Crippen LogP contribution in [0.1, 0.15) is 36.9 Å². The molecule has 0 saturated carbocycles. The van der Waals surface area contributed by atoms with E-state index >= 15 is 0 Å². The van der Waals surface area contributed by atoms with Gasteiger partial charge in [0.15, 0.2) is 0 Å². The van der Waals surface area contributed by atoms with Crippen LogP contribution >= 0.6 is 0 Å². The first kappa shape index (κ1) is 23.9. The molecule has 0 aliphatic rings. The van der Waals surface area contributed by atoms with Gasteiger partial charge in [-0.1, -0.05) is 60.7 Å². The molecule has 0 heterocycles. The Balaban J connectivity index is 0.00000392. The van der Waals surface area contributed by atoms with Gasteiger partial charge < -0.3 is 20.5 Å². The summed E-state index contributed by atoms with van der Waals surface area (Å²) < 4.78 is 0. The molecular formula is C21H23N2NaO4. The van der Waals surface area contributed by atoms with Crippen LogP contribution in [0.15, 0.2) is 60.7 Å². The number of amides is 2. The predicted octanol–water partition coefficient (Wildman–Crippen LogP) is -1.87. The van der Waals surface area contributed by atoms with E-state index in [1.165, 1.54) is 6.92 Å². The van der Waals surface area contributed by atoms with Crippen LogP contribution in [0.25, 0.3) is 0 Å². The second-order valence-electron chi connectivity index (χ2n) is 6.33. The van der Waals surface area contributed by atoms with Crippen molar-refractivity contribution in [1.29, 1.82) is 0 Å². The Bertz CT molecular complexity index is 768. The normalized spacial score (nSPS) is 12.2. The van der Waals surface area contributed by atoms with Crippen molar-refractivity contribution in [3.05, 3.63) is 71.8 Å². The van der Waals surface area contributed by atoms with Crippen molar-refractivity contribution in [3.8, 4) is 0 Å². The summed E-state index contributed by atoms with van der Waals surface area (Å²) in [4.78, 5) is 34.6. The van der Waals surface area contributed by atoms with Gasteiger partial charge in [-0.15, -0.1) is 0 Å². The Morgan fingerprint density at radius 3 is 2.04 bits per heavy atom. The van der Waals surface area contributed by atoms with Crippen molar-refractivity contribution in [2.24, 2.45) is 0 Å². The number of aliphatic carboxylic acids is 1. The van der Waals surface area contributed by atoms with Crippen LogP contribution in [-0.2, 0) is 20.8 Å². The van der Waals surface area contributed by atoms with E-state index in [1.807, 2.05) is 60.7 Å². The molecule has 2 amide bonds. The summed E-state index contributed by atoms with van der Waals surface area (Å²) >= 11 is 0. The van der Waals surface area contributed by atoms with E-state index in [0.29, 0.717) is 6.42 Å². The summed E-state index contributed by atoms with van der Waals surface area (Å²) in [6.07, 6.45) is 1.04. The maximum atomic E-state index is 12.4. The third kappa shape index (κ3) is 8.25. The SMILES string of the molecule is CC(=O)N[C@@H](CC(=O)NC(CCc1ccccc1)c1ccccc1)C(=O)[O-].[Na+]. The summed E-state index contributed by atoms with van der Waals surface area (Å²) in [5, 5.41) is 16.2. The minimum absolute atomic E-state index is 0. The van der Waals surface area contributed by atoms with Crippen LogP contribution in [-0.4, -0.2) is 23.8 Å². The van der Waals surface area contributed by atoms with E-state index in [4.69, 9.17) is 0 Å². The van der Waals surface area contributed by atoms with Gasteiger partial charge in [-0.3, -0.25) is 9.59 Å². The molecule has 2 aromatic rings. The standard InChI is InChI=1S/C21H24N2O4.Na/c1-15(24)22-19(21(26)27)14-20(25)23-18(17-10-6-3-7-11-17)13-12-16-8-4-2-5-9-16;/h2-11,18-19H,12-14H2,1H3,(H,22,24)(H,23,25)(H,26,27);/q;+1/p-1/t18?,19-;/m0./s1. The molecule has 6 nitrogen and oxygen atoms in total. The van der Waals surface area contributed by atoms with E-state index in [9.17, 15) is 19.5 Å². The molecule has 2 atom stereocenters. The quantitative estimate of drug-likeness (QED) is 0.490. The number of carbonyl (C=O) groups excluding carboxylic acids is 3. The van der Waals surface area contributed by atoms with Crippen LogP contribution in [0.2, 0.25) is 0 Å². The zero-order chi connectivity index (χ0) is 19.6. The van der Waals surface area contributed by atoms with Gasteiger partial charge in [0.2, 0.25) is 11.8 Å². The summed E-state index contributed by atoms with van der Waals surface area (Å²) in [5.74, 6) is -2.47. The molecule has 7 heteroatoms. The molecular weight excluding hydrogens is 367 g/mol. The number of carboxylic acids is 1. The Hall–Kier alpha value is -2.15. The molecule has 0 aromatic heterocycles. The number of hydrogen-bond donors (Lipinski definition) is 2. The number of carbonyl (C=O) groups is 3. The smallest absolute Gasteiger partial charge is 0.548 e. The molecule has 2 aromatic carbocycles. The fourth-order valence-electron chi connectivity index (χ4n) is 2.84. The summed E-state index contributed by atoms with van der Waals surface area (Å²) in [6.45, 7) is 1.19. The van der Waals surface area contributed by atoms with Gasteiger partial charge in [0.1, 0.15) is 0 Å². The molecule has 0 radical (unpaired) electrons. The monoisotopic (exact) mass is 390 g/mol. The fourth-order valence-corrected chi connectivity index (χ4v) is 2.84. The molecule has 0 spiro atoms. The first-order valence-corrected chi connectivity index (χ1v) is 8.82. The van der Waals surface area contributed by atoms with E-state index in [-0.39, 0.29) is 42.0 Å². The molecule has 0 saturated heterocycles. The Morgan fingerprint density at radius 1 is 0.929 bits per heavy atom. The molecule has 28 heavy (non-hydrogen) atoms. The molecule has 1 unspecified atom stereocenters. The Kier molecular flexibility index (Phi) is 10.5. The topological polar surface area (TPSA) is 98.3 Å². The van der Waals surface area contributed by atoms with Gasteiger partial charge in [0.05, 0.1) is 24.5 Å². The molecule has 0 fully saturated rings. The average Bonchev–Trinajstić information content (AvgIpc) is 2.65. The molecule has 0 aliphatic carbocycles. The molecule has 142 valence electrons. The predicted molar refractivity (Wildman–Crippen MR) is 99.3 cm³/mol. The zero-order valence-electron chi connectivity index (χ0n) is 16.2. The second-order valence-corrected chi connectivity index (χ2v) is 6.33. The average molecular weight is 390 g/mol. The number of carboxylic acid groups (broad SMARTS) is 1. The first-order valence-electron chi connectivity index (χ1n) is 8.82. The minimum atomic E-state index is -1.49. The molecule has 2 rings (SSSR count). The summed E-state index contributed by atoms with van der Waals surface area (Å²) in [5.41, 5.74) is 2.09. The third-order valence-corrected chi connectivity index (χ3v) is 4.15. The van der Waals surface area contributed by atoms with Crippen molar-refractivity contribution in [2.45, 2.75) is 38.3 Å². The molecule has 0 bridgehead atoms. The van der Waals surface area contributed by atoms with Crippen molar-refractivity contribution in [1.82, 2.24) is 10.6 Å². The van der Waals surface area contributed by atoms with Gasteiger partial charge in [-0.25, -0.2) is 0 Å². The van der Waals surface area contributed by atoms with Gasteiger partial charge in [-0.05, 0) is 24.0 Å². The number of rotatable bonds is 9. The van der Waals surface area contributed by atoms with E-state index < -0.39 is 23.8 Å². The van der Waals surface area contributed by atoms with Crippen molar-refractivity contribution in [2.75, 3.05) is 0 Å². The maximum Gasteiger partial charge on any atom is 1.00 e. The van der Waals surface area contributed by atoms with E-state index in [1.54, 1.807) is 0 Å². The molecule has 2 N–H and O–H groups in total. The van der Waals surface area contributed by atoms with Crippen LogP contribution in [0.4, 0.5) is 0 Å². The van der Waals surface area contributed by atoms with Crippen molar-refractivity contribution >= 4 is 17.8 Å². The van der Waals surface area contributed by atoms with Crippen molar-refractivity contribution < 1.29 is 49.0 Å². The summed E-state index contributed by atoms with van der Waals surface area (Å²) in [6, 6.07) is 17.8. The van der Waals surface area contributed by atoms with Gasteiger partial charge in [0, 0.05) is 6.92 Å². The number of benzene rings is 2. The number of aryl methyl sites for hydroxylation is 1. The van der Waals surface area contributed by atoms with Crippen LogP contribution < -0.4 is 45.3 Å². The van der Waals surface area contributed by atoms with Gasteiger partial charge >= 0.3 is 29.6 Å². The largest absolute Gasteiger partial charge is 1.00 e. The minimum Gasteiger partial charge on any atom is -0.548 e. The van der Waals surface area contributed by atoms with Gasteiger partial charge in [0.25, 0.3) is 0 Å². The maximum absolute atomic E-state index is 12.4. The second kappa shape index (κ2) is 12.3. The third-order valence-electron chi connectivity index (χ3n) is 4.15. The number of hydrogen-bond acceptors (Lipinski definition) is 4.